The predicted molar refractivity (Wildman–Crippen MR) is 71.2 cm³/mol. The second-order valence-electron chi connectivity index (χ2n) is 5.99. The third-order valence-electron chi connectivity index (χ3n) is 4.01. The average Bonchev–Trinajstić information content (AvgIpc) is 3.13. The Morgan fingerprint density at radius 3 is 2.53 bits per heavy atom. The SMILES string of the molecule is COCC1CCN(CC(C)CNC2CC2)CC1. The molecule has 3 nitrogen and oxygen atoms in total. The van der Waals surface area contributed by atoms with Gasteiger partial charge in [0, 0.05) is 26.3 Å². The van der Waals surface area contributed by atoms with Gasteiger partial charge in [0.15, 0.2) is 0 Å². The molecule has 17 heavy (non-hydrogen) atoms. The first-order valence-corrected chi connectivity index (χ1v) is 7.22. The smallest absolute Gasteiger partial charge is 0.0491 e. The van der Waals surface area contributed by atoms with Crippen LogP contribution < -0.4 is 5.32 Å². The van der Waals surface area contributed by atoms with E-state index in [1.165, 1.54) is 51.9 Å². The lowest BCUT2D eigenvalue weighted by Crippen LogP contribution is -2.39. The van der Waals surface area contributed by atoms with E-state index >= 15 is 0 Å². The van der Waals surface area contributed by atoms with Crippen LogP contribution in [0.4, 0.5) is 0 Å². The number of hydrogen-bond acceptors (Lipinski definition) is 3. The summed E-state index contributed by atoms with van der Waals surface area (Å²) in [5.74, 6) is 1.59. The van der Waals surface area contributed by atoms with E-state index in [0.29, 0.717) is 0 Å². The van der Waals surface area contributed by atoms with Crippen LogP contribution in [0.1, 0.15) is 32.6 Å². The van der Waals surface area contributed by atoms with Crippen molar-refractivity contribution >= 4 is 0 Å². The maximum atomic E-state index is 5.24. The number of ether oxygens (including phenoxy) is 1. The zero-order valence-electron chi connectivity index (χ0n) is 11.5. The summed E-state index contributed by atoms with van der Waals surface area (Å²) in [5, 5.41) is 3.63. The summed E-state index contributed by atoms with van der Waals surface area (Å²) in [6.45, 7) is 8.31. The fourth-order valence-corrected chi connectivity index (χ4v) is 2.73. The van der Waals surface area contributed by atoms with Gasteiger partial charge in [-0.1, -0.05) is 6.92 Å². The maximum Gasteiger partial charge on any atom is 0.0491 e. The number of nitrogens with one attached hydrogen (secondary N) is 1. The molecule has 0 radical (unpaired) electrons. The highest BCUT2D eigenvalue weighted by molar-refractivity contribution is 4.82. The minimum absolute atomic E-state index is 0.787. The molecule has 1 saturated carbocycles. The molecule has 2 rings (SSSR count). The molecule has 1 heterocycles. The van der Waals surface area contributed by atoms with E-state index in [1.807, 2.05) is 7.11 Å². The summed E-state index contributed by atoms with van der Waals surface area (Å²) >= 11 is 0. The monoisotopic (exact) mass is 240 g/mol. The molecule has 2 fully saturated rings. The van der Waals surface area contributed by atoms with Crippen molar-refractivity contribution < 1.29 is 4.74 Å². The number of methoxy groups -OCH3 is 1. The van der Waals surface area contributed by atoms with Gasteiger partial charge in [-0.25, -0.2) is 0 Å². The van der Waals surface area contributed by atoms with Gasteiger partial charge in [-0.05, 0) is 57.2 Å². The van der Waals surface area contributed by atoms with Crippen molar-refractivity contribution in [3.8, 4) is 0 Å². The molecule has 0 aromatic carbocycles. The number of hydrogen-bond donors (Lipinski definition) is 1. The Morgan fingerprint density at radius 2 is 1.94 bits per heavy atom. The van der Waals surface area contributed by atoms with Crippen LogP contribution in [-0.2, 0) is 4.74 Å². The molecule has 1 atom stereocenters. The first-order valence-electron chi connectivity index (χ1n) is 7.22. The van der Waals surface area contributed by atoms with Gasteiger partial charge >= 0.3 is 0 Å². The van der Waals surface area contributed by atoms with Crippen LogP contribution >= 0.6 is 0 Å². The van der Waals surface area contributed by atoms with E-state index in [-0.39, 0.29) is 0 Å². The Balaban J connectivity index is 1.56. The lowest BCUT2D eigenvalue weighted by Gasteiger charge is -2.33. The van der Waals surface area contributed by atoms with Crippen LogP contribution in [0, 0.1) is 11.8 Å². The molecule has 1 N–H and O–H groups in total. The van der Waals surface area contributed by atoms with Crippen molar-refractivity contribution in [3.05, 3.63) is 0 Å². The topological polar surface area (TPSA) is 24.5 Å². The van der Waals surface area contributed by atoms with Gasteiger partial charge in [0.05, 0.1) is 0 Å². The van der Waals surface area contributed by atoms with Crippen molar-refractivity contribution in [1.29, 1.82) is 0 Å². The molecular weight excluding hydrogens is 212 g/mol. The van der Waals surface area contributed by atoms with E-state index in [0.717, 1.165) is 24.5 Å². The van der Waals surface area contributed by atoms with Crippen molar-refractivity contribution in [1.82, 2.24) is 10.2 Å². The largest absolute Gasteiger partial charge is 0.384 e. The van der Waals surface area contributed by atoms with Crippen molar-refractivity contribution in [2.24, 2.45) is 11.8 Å². The predicted octanol–water partition coefficient (Wildman–Crippen LogP) is 1.73. The van der Waals surface area contributed by atoms with Crippen LogP contribution in [0.3, 0.4) is 0 Å². The third-order valence-corrected chi connectivity index (χ3v) is 4.01. The summed E-state index contributed by atoms with van der Waals surface area (Å²) in [7, 11) is 1.82. The van der Waals surface area contributed by atoms with Gasteiger partial charge in [-0.3, -0.25) is 0 Å². The van der Waals surface area contributed by atoms with Crippen LogP contribution in [0.2, 0.25) is 0 Å². The molecule has 1 aliphatic carbocycles. The lowest BCUT2D eigenvalue weighted by atomic mass is 9.97. The summed E-state index contributed by atoms with van der Waals surface area (Å²) in [6.07, 6.45) is 5.43. The molecule has 0 aromatic rings. The quantitative estimate of drug-likeness (QED) is 0.733. The lowest BCUT2D eigenvalue weighted by molar-refractivity contribution is 0.0936. The molecule has 0 bridgehead atoms. The molecule has 0 spiro atoms. The van der Waals surface area contributed by atoms with Gasteiger partial charge in [0.2, 0.25) is 0 Å². The third kappa shape index (κ3) is 4.94. The molecule has 3 heteroatoms. The molecule has 0 aromatic heterocycles. The standard InChI is InChI=1S/C14H28N2O/c1-12(9-15-14-3-4-14)10-16-7-5-13(6-8-16)11-17-2/h12-15H,3-11H2,1-2H3. The second kappa shape index (κ2) is 6.72. The fourth-order valence-electron chi connectivity index (χ4n) is 2.73. The van der Waals surface area contributed by atoms with E-state index < -0.39 is 0 Å². The van der Waals surface area contributed by atoms with E-state index in [4.69, 9.17) is 4.74 Å². The number of piperidine rings is 1. The highest BCUT2D eigenvalue weighted by Gasteiger charge is 2.23. The summed E-state index contributed by atoms with van der Waals surface area (Å²) in [4.78, 5) is 2.63. The summed E-state index contributed by atoms with van der Waals surface area (Å²) < 4.78 is 5.24. The van der Waals surface area contributed by atoms with Crippen molar-refractivity contribution in [2.45, 2.75) is 38.6 Å². The van der Waals surface area contributed by atoms with Gasteiger partial charge in [0.1, 0.15) is 0 Å². The first kappa shape index (κ1) is 13.3. The highest BCUT2D eigenvalue weighted by Crippen LogP contribution is 2.20. The van der Waals surface area contributed by atoms with Crippen LogP contribution in [0.15, 0.2) is 0 Å². The van der Waals surface area contributed by atoms with Gasteiger partial charge in [-0.2, -0.15) is 0 Å². The normalized spacial score (nSPS) is 25.1. The number of rotatable bonds is 7. The Kier molecular flexibility index (Phi) is 5.26. The Morgan fingerprint density at radius 1 is 1.24 bits per heavy atom. The molecule has 1 saturated heterocycles. The summed E-state index contributed by atoms with van der Waals surface area (Å²) in [6, 6.07) is 0.852. The Hall–Kier alpha value is -0.120. The van der Waals surface area contributed by atoms with Crippen LogP contribution in [0.25, 0.3) is 0 Å². The second-order valence-corrected chi connectivity index (χ2v) is 5.99. The zero-order valence-corrected chi connectivity index (χ0v) is 11.5. The van der Waals surface area contributed by atoms with Gasteiger partial charge in [-0.15, -0.1) is 0 Å². The number of nitrogens with zero attached hydrogens (tertiary/aromatic N) is 1. The van der Waals surface area contributed by atoms with Crippen molar-refractivity contribution in [3.63, 3.8) is 0 Å². The highest BCUT2D eigenvalue weighted by atomic mass is 16.5. The molecular formula is C14H28N2O. The maximum absolute atomic E-state index is 5.24. The fraction of sp³-hybridized carbons (Fsp3) is 1.00. The number of likely N-dealkylation sites (tertiary alicyclic amines) is 1. The van der Waals surface area contributed by atoms with E-state index in [9.17, 15) is 0 Å². The van der Waals surface area contributed by atoms with Crippen LogP contribution in [0.5, 0.6) is 0 Å². The molecule has 2 aliphatic rings. The Bertz CT molecular complexity index is 210. The molecule has 100 valence electrons. The van der Waals surface area contributed by atoms with Crippen molar-refractivity contribution in [2.75, 3.05) is 39.9 Å². The van der Waals surface area contributed by atoms with Gasteiger partial charge < -0.3 is 15.0 Å². The van der Waals surface area contributed by atoms with E-state index in [1.54, 1.807) is 0 Å². The molecule has 1 aliphatic heterocycles. The molecule has 1 unspecified atom stereocenters. The minimum Gasteiger partial charge on any atom is -0.384 e. The Labute approximate surface area is 106 Å². The minimum atomic E-state index is 0.787. The van der Waals surface area contributed by atoms with Crippen LogP contribution in [-0.4, -0.2) is 50.8 Å². The van der Waals surface area contributed by atoms with Gasteiger partial charge in [0.25, 0.3) is 0 Å². The summed E-state index contributed by atoms with van der Waals surface area (Å²) in [5.41, 5.74) is 0. The first-order chi connectivity index (χ1) is 8.28. The molecule has 0 amide bonds. The van der Waals surface area contributed by atoms with E-state index in [2.05, 4.69) is 17.1 Å². The average molecular weight is 240 g/mol. The zero-order chi connectivity index (χ0) is 12.1.